The number of carbonyl (C=O) groups is 1. The Labute approximate surface area is 120 Å². The molecule has 1 aromatic rings. The Hall–Kier alpha value is -1.40. The molecular formula is C14H20N2O3S. The highest BCUT2D eigenvalue weighted by molar-refractivity contribution is 7.88. The van der Waals surface area contributed by atoms with E-state index in [1.54, 1.807) is 0 Å². The van der Waals surface area contributed by atoms with E-state index >= 15 is 0 Å². The fourth-order valence-corrected chi connectivity index (χ4v) is 2.75. The van der Waals surface area contributed by atoms with Crippen molar-refractivity contribution in [2.24, 2.45) is 5.92 Å². The highest BCUT2D eigenvalue weighted by Gasteiger charge is 2.29. The van der Waals surface area contributed by atoms with Gasteiger partial charge in [-0.3, -0.25) is 4.79 Å². The second-order valence-corrected chi connectivity index (χ2v) is 7.13. The lowest BCUT2D eigenvalue weighted by atomic mass is 10.2. The summed E-state index contributed by atoms with van der Waals surface area (Å²) >= 11 is 0. The van der Waals surface area contributed by atoms with Gasteiger partial charge in [-0.05, 0) is 18.4 Å². The standard InChI is InChI=1S/C14H20N2O3S/c1-20(18,19)16(11-12-5-3-2-4-6-12)10-9-15-14(17)13-7-8-13/h2-6,13H,7-11H2,1H3,(H,15,17). The average molecular weight is 296 g/mol. The number of carbonyl (C=O) groups excluding carboxylic acids is 1. The molecule has 20 heavy (non-hydrogen) atoms. The number of rotatable bonds is 7. The monoisotopic (exact) mass is 296 g/mol. The van der Waals surface area contributed by atoms with Crippen LogP contribution in [0.25, 0.3) is 0 Å². The summed E-state index contributed by atoms with van der Waals surface area (Å²) in [5.41, 5.74) is 0.937. The number of nitrogens with zero attached hydrogens (tertiary/aromatic N) is 1. The molecule has 2 rings (SSSR count). The molecule has 1 amide bonds. The van der Waals surface area contributed by atoms with Crippen molar-refractivity contribution in [2.45, 2.75) is 19.4 Å². The third kappa shape index (κ3) is 4.61. The van der Waals surface area contributed by atoms with Gasteiger partial charge >= 0.3 is 0 Å². The largest absolute Gasteiger partial charge is 0.355 e. The molecule has 0 spiro atoms. The molecule has 1 aliphatic carbocycles. The van der Waals surface area contributed by atoms with Crippen LogP contribution in [0.1, 0.15) is 18.4 Å². The van der Waals surface area contributed by atoms with Crippen LogP contribution in [-0.2, 0) is 21.4 Å². The van der Waals surface area contributed by atoms with Crippen LogP contribution in [0.15, 0.2) is 30.3 Å². The summed E-state index contributed by atoms with van der Waals surface area (Å²) in [4.78, 5) is 11.5. The normalized spacial score (nSPS) is 15.3. The van der Waals surface area contributed by atoms with Crippen molar-refractivity contribution in [2.75, 3.05) is 19.3 Å². The van der Waals surface area contributed by atoms with E-state index < -0.39 is 10.0 Å². The van der Waals surface area contributed by atoms with Crippen molar-refractivity contribution < 1.29 is 13.2 Å². The van der Waals surface area contributed by atoms with Gasteiger partial charge in [0, 0.05) is 25.6 Å². The third-order valence-corrected chi connectivity index (χ3v) is 4.53. The molecule has 0 saturated heterocycles. The van der Waals surface area contributed by atoms with Gasteiger partial charge in [-0.2, -0.15) is 4.31 Å². The van der Waals surface area contributed by atoms with Gasteiger partial charge < -0.3 is 5.32 Å². The number of nitrogens with one attached hydrogen (secondary N) is 1. The molecule has 1 saturated carbocycles. The van der Waals surface area contributed by atoms with Crippen LogP contribution < -0.4 is 5.32 Å². The summed E-state index contributed by atoms with van der Waals surface area (Å²) in [7, 11) is -3.28. The van der Waals surface area contributed by atoms with E-state index in [4.69, 9.17) is 0 Å². The first-order chi connectivity index (χ1) is 9.47. The SMILES string of the molecule is CS(=O)(=O)N(CCNC(=O)C1CC1)Cc1ccccc1. The van der Waals surface area contributed by atoms with Crippen LogP contribution in [-0.4, -0.2) is 38.0 Å². The molecule has 110 valence electrons. The summed E-state index contributed by atoms with van der Waals surface area (Å²) in [5.74, 6) is 0.189. The molecule has 0 aromatic heterocycles. The predicted octanol–water partition coefficient (Wildman–Crippen LogP) is 0.974. The Balaban J connectivity index is 1.89. The molecule has 1 aliphatic rings. The van der Waals surface area contributed by atoms with Crippen LogP contribution in [0.3, 0.4) is 0 Å². The summed E-state index contributed by atoms with van der Waals surface area (Å²) in [6.45, 7) is 0.987. The van der Waals surface area contributed by atoms with Gasteiger partial charge in [-0.25, -0.2) is 8.42 Å². The van der Waals surface area contributed by atoms with Crippen molar-refractivity contribution in [1.82, 2.24) is 9.62 Å². The van der Waals surface area contributed by atoms with Gasteiger partial charge in [0.1, 0.15) is 0 Å². The van der Waals surface area contributed by atoms with Gasteiger partial charge in [0.15, 0.2) is 0 Å². The van der Waals surface area contributed by atoms with E-state index in [9.17, 15) is 13.2 Å². The van der Waals surface area contributed by atoms with E-state index in [0.717, 1.165) is 18.4 Å². The fraction of sp³-hybridized carbons (Fsp3) is 0.500. The summed E-state index contributed by atoms with van der Waals surface area (Å²) in [5, 5.41) is 2.79. The highest BCUT2D eigenvalue weighted by atomic mass is 32.2. The van der Waals surface area contributed by atoms with Crippen LogP contribution >= 0.6 is 0 Å². The number of hydrogen-bond acceptors (Lipinski definition) is 3. The molecule has 5 nitrogen and oxygen atoms in total. The van der Waals surface area contributed by atoms with E-state index in [2.05, 4.69) is 5.32 Å². The van der Waals surface area contributed by atoms with Crippen molar-refractivity contribution >= 4 is 15.9 Å². The summed E-state index contributed by atoms with van der Waals surface area (Å²) in [6.07, 6.45) is 3.09. The molecule has 1 fully saturated rings. The smallest absolute Gasteiger partial charge is 0.223 e. The van der Waals surface area contributed by atoms with E-state index in [1.165, 1.54) is 10.6 Å². The van der Waals surface area contributed by atoms with Crippen molar-refractivity contribution in [1.29, 1.82) is 0 Å². The maximum atomic E-state index is 11.8. The van der Waals surface area contributed by atoms with E-state index in [0.29, 0.717) is 19.6 Å². The fourth-order valence-electron chi connectivity index (χ4n) is 1.94. The Kier molecular flexibility index (Phi) is 4.77. The highest BCUT2D eigenvalue weighted by Crippen LogP contribution is 2.28. The van der Waals surface area contributed by atoms with Gasteiger partial charge in [-0.1, -0.05) is 30.3 Å². The molecule has 0 aliphatic heterocycles. The van der Waals surface area contributed by atoms with Crippen molar-refractivity contribution in [3.63, 3.8) is 0 Å². The molecular weight excluding hydrogens is 276 g/mol. The van der Waals surface area contributed by atoms with Gasteiger partial charge in [0.25, 0.3) is 0 Å². The lowest BCUT2D eigenvalue weighted by molar-refractivity contribution is -0.122. The number of amides is 1. The van der Waals surface area contributed by atoms with Crippen LogP contribution in [0.2, 0.25) is 0 Å². The van der Waals surface area contributed by atoms with Gasteiger partial charge in [-0.15, -0.1) is 0 Å². The second-order valence-electron chi connectivity index (χ2n) is 5.15. The number of hydrogen-bond donors (Lipinski definition) is 1. The second kappa shape index (κ2) is 6.37. The molecule has 1 aromatic carbocycles. The summed E-state index contributed by atoms with van der Waals surface area (Å²) in [6, 6.07) is 9.43. The van der Waals surface area contributed by atoms with Crippen LogP contribution in [0.5, 0.6) is 0 Å². The zero-order valence-electron chi connectivity index (χ0n) is 11.6. The third-order valence-electron chi connectivity index (χ3n) is 3.28. The van der Waals surface area contributed by atoms with Crippen LogP contribution in [0.4, 0.5) is 0 Å². The van der Waals surface area contributed by atoms with Gasteiger partial charge in [0.05, 0.1) is 6.26 Å². The molecule has 0 bridgehead atoms. The molecule has 0 radical (unpaired) electrons. The van der Waals surface area contributed by atoms with Crippen molar-refractivity contribution in [3.05, 3.63) is 35.9 Å². The minimum atomic E-state index is -3.28. The Bertz CT molecular complexity index is 553. The summed E-state index contributed by atoms with van der Waals surface area (Å²) < 4.78 is 24.9. The van der Waals surface area contributed by atoms with Crippen LogP contribution in [0, 0.1) is 5.92 Å². The molecule has 0 heterocycles. The molecule has 0 unspecified atom stereocenters. The molecule has 1 N–H and O–H groups in total. The minimum Gasteiger partial charge on any atom is -0.355 e. The number of sulfonamides is 1. The maximum Gasteiger partial charge on any atom is 0.223 e. The minimum absolute atomic E-state index is 0.0400. The topological polar surface area (TPSA) is 66.5 Å². The number of benzene rings is 1. The van der Waals surface area contributed by atoms with E-state index in [-0.39, 0.29) is 11.8 Å². The van der Waals surface area contributed by atoms with E-state index in [1.807, 2.05) is 30.3 Å². The zero-order valence-corrected chi connectivity index (χ0v) is 12.4. The predicted molar refractivity (Wildman–Crippen MR) is 77.4 cm³/mol. The lowest BCUT2D eigenvalue weighted by Crippen LogP contribution is -2.38. The Morgan fingerprint density at radius 2 is 1.95 bits per heavy atom. The first-order valence-corrected chi connectivity index (χ1v) is 8.58. The molecule has 0 atom stereocenters. The zero-order chi connectivity index (χ0) is 14.6. The average Bonchev–Trinajstić information content (AvgIpc) is 3.21. The Morgan fingerprint density at radius 1 is 1.30 bits per heavy atom. The maximum absolute atomic E-state index is 11.8. The quantitative estimate of drug-likeness (QED) is 0.815. The van der Waals surface area contributed by atoms with Crippen molar-refractivity contribution in [3.8, 4) is 0 Å². The lowest BCUT2D eigenvalue weighted by Gasteiger charge is -2.20. The molecule has 6 heteroatoms. The Morgan fingerprint density at radius 3 is 2.50 bits per heavy atom. The first kappa shape index (κ1) is 15.0. The van der Waals surface area contributed by atoms with Gasteiger partial charge in [0.2, 0.25) is 15.9 Å². The first-order valence-electron chi connectivity index (χ1n) is 6.73.